The van der Waals surface area contributed by atoms with Gasteiger partial charge in [-0.2, -0.15) is 9.61 Å². The zero-order valence-electron chi connectivity index (χ0n) is 7.98. The Kier molecular flexibility index (Phi) is 1.95. The van der Waals surface area contributed by atoms with Crippen LogP contribution in [-0.2, 0) is 0 Å². The maximum absolute atomic E-state index is 11.2. The van der Waals surface area contributed by atoms with Crippen LogP contribution in [0.1, 0.15) is 13.8 Å². The summed E-state index contributed by atoms with van der Waals surface area (Å²) in [6.07, 6.45) is 0. The van der Waals surface area contributed by atoms with Crippen molar-refractivity contribution in [1.82, 2.24) is 19.8 Å². The zero-order chi connectivity index (χ0) is 10.1. The van der Waals surface area contributed by atoms with Gasteiger partial charge in [0, 0.05) is 6.04 Å². The van der Waals surface area contributed by atoms with Crippen LogP contribution in [-0.4, -0.2) is 25.9 Å². The molecule has 2 rings (SSSR count). The van der Waals surface area contributed by atoms with Gasteiger partial charge in [-0.1, -0.05) is 0 Å². The first kappa shape index (κ1) is 8.74. The number of nitrogens with zero attached hydrogens (tertiary/aromatic N) is 3. The molecule has 6 heteroatoms. The molecular weight excluding hydrogens is 182 g/mol. The minimum Gasteiger partial charge on any atom is -0.366 e. The number of hydrogen-bond acceptors (Lipinski definition) is 4. The SMILES string of the molecule is CC(C)Nc1ccc2n[nH]c(=O)n2n1. The second kappa shape index (κ2) is 3.13. The molecule has 0 saturated heterocycles. The monoisotopic (exact) mass is 193 g/mol. The second-order valence-corrected chi connectivity index (χ2v) is 3.32. The summed E-state index contributed by atoms with van der Waals surface area (Å²) in [5, 5.41) is 13.3. The topological polar surface area (TPSA) is 75.1 Å². The second-order valence-electron chi connectivity index (χ2n) is 3.32. The lowest BCUT2D eigenvalue weighted by Crippen LogP contribution is -2.16. The Labute approximate surface area is 80.0 Å². The van der Waals surface area contributed by atoms with E-state index in [9.17, 15) is 4.79 Å². The van der Waals surface area contributed by atoms with Crippen molar-refractivity contribution in [2.45, 2.75) is 19.9 Å². The number of rotatable bonds is 2. The summed E-state index contributed by atoms with van der Waals surface area (Å²) in [4.78, 5) is 11.2. The van der Waals surface area contributed by atoms with Crippen molar-refractivity contribution in [2.24, 2.45) is 0 Å². The Morgan fingerprint density at radius 1 is 1.50 bits per heavy atom. The summed E-state index contributed by atoms with van der Waals surface area (Å²) in [6, 6.07) is 3.80. The Morgan fingerprint density at radius 3 is 3.00 bits per heavy atom. The molecule has 0 saturated carbocycles. The first-order valence-electron chi connectivity index (χ1n) is 4.38. The van der Waals surface area contributed by atoms with E-state index in [-0.39, 0.29) is 11.7 Å². The maximum atomic E-state index is 11.2. The lowest BCUT2D eigenvalue weighted by atomic mass is 10.4. The van der Waals surface area contributed by atoms with Gasteiger partial charge in [-0.3, -0.25) is 0 Å². The van der Waals surface area contributed by atoms with E-state index in [1.165, 1.54) is 4.52 Å². The molecule has 0 radical (unpaired) electrons. The van der Waals surface area contributed by atoms with Crippen molar-refractivity contribution in [3.05, 3.63) is 22.6 Å². The third-order valence-corrected chi connectivity index (χ3v) is 1.71. The van der Waals surface area contributed by atoms with Gasteiger partial charge in [-0.05, 0) is 26.0 Å². The molecule has 0 aliphatic heterocycles. The van der Waals surface area contributed by atoms with Crippen LogP contribution in [0.5, 0.6) is 0 Å². The van der Waals surface area contributed by atoms with Crippen LogP contribution in [0.4, 0.5) is 5.82 Å². The summed E-state index contributed by atoms with van der Waals surface area (Å²) >= 11 is 0. The molecule has 2 heterocycles. The number of aromatic amines is 1. The van der Waals surface area contributed by atoms with Gasteiger partial charge in [-0.15, -0.1) is 5.10 Å². The van der Waals surface area contributed by atoms with Crippen LogP contribution in [0.3, 0.4) is 0 Å². The number of anilines is 1. The minimum absolute atomic E-state index is 0.280. The highest BCUT2D eigenvalue weighted by atomic mass is 16.2. The van der Waals surface area contributed by atoms with E-state index < -0.39 is 0 Å². The predicted octanol–water partition coefficient (Wildman–Crippen LogP) is 0.238. The van der Waals surface area contributed by atoms with Gasteiger partial charge in [0.1, 0.15) is 5.82 Å². The fourth-order valence-corrected chi connectivity index (χ4v) is 1.18. The summed E-state index contributed by atoms with van der Waals surface area (Å²) in [5.74, 6) is 0.663. The summed E-state index contributed by atoms with van der Waals surface area (Å²) in [5.41, 5.74) is 0.191. The van der Waals surface area contributed by atoms with E-state index in [2.05, 4.69) is 20.6 Å². The third-order valence-electron chi connectivity index (χ3n) is 1.71. The molecule has 0 atom stereocenters. The number of hydrogen-bond donors (Lipinski definition) is 2. The normalized spacial score (nSPS) is 11.1. The predicted molar refractivity (Wildman–Crippen MR) is 52.4 cm³/mol. The lowest BCUT2D eigenvalue weighted by Gasteiger charge is -2.07. The summed E-state index contributed by atoms with van der Waals surface area (Å²) in [7, 11) is 0. The first-order valence-corrected chi connectivity index (χ1v) is 4.38. The van der Waals surface area contributed by atoms with E-state index >= 15 is 0 Å². The fraction of sp³-hybridized carbons (Fsp3) is 0.375. The molecular formula is C8H11N5O. The van der Waals surface area contributed by atoms with Crippen LogP contribution in [0.2, 0.25) is 0 Å². The molecule has 0 unspecified atom stereocenters. The zero-order valence-corrected chi connectivity index (χ0v) is 7.98. The molecule has 0 aromatic carbocycles. The van der Waals surface area contributed by atoms with Crippen molar-refractivity contribution in [3.8, 4) is 0 Å². The number of H-pyrrole nitrogens is 1. The molecule has 0 spiro atoms. The van der Waals surface area contributed by atoms with Crippen LogP contribution in [0.25, 0.3) is 5.65 Å². The van der Waals surface area contributed by atoms with Gasteiger partial charge in [0.2, 0.25) is 0 Å². The molecule has 2 aromatic heterocycles. The third kappa shape index (κ3) is 1.46. The Morgan fingerprint density at radius 2 is 2.29 bits per heavy atom. The summed E-state index contributed by atoms with van der Waals surface area (Å²) in [6.45, 7) is 4.01. The Hall–Kier alpha value is -1.85. The average molecular weight is 193 g/mol. The highest BCUT2D eigenvalue weighted by molar-refractivity contribution is 5.43. The fourth-order valence-electron chi connectivity index (χ4n) is 1.18. The molecule has 2 N–H and O–H groups in total. The van der Waals surface area contributed by atoms with Crippen molar-refractivity contribution in [1.29, 1.82) is 0 Å². The van der Waals surface area contributed by atoms with Crippen LogP contribution >= 0.6 is 0 Å². The largest absolute Gasteiger partial charge is 0.366 e. The molecule has 14 heavy (non-hydrogen) atoms. The lowest BCUT2D eigenvalue weighted by molar-refractivity contribution is 0.838. The molecule has 6 nitrogen and oxygen atoms in total. The van der Waals surface area contributed by atoms with Crippen LogP contribution in [0.15, 0.2) is 16.9 Å². The van der Waals surface area contributed by atoms with E-state index in [1.54, 1.807) is 12.1 Å². The standard InChI is InChI=1S/C8H11N5O/c1-5(2)9-6-3-4-7-10-11-8(14)13(7)12-6/h3-5H,1-2H3,(H,9,12)(H,11,14). The van der Waals surface area contributed by atoms with E-state index in [0.717, 1.165) is 0 Å². The summed E-state index contributed by atoms with van der Waals surface area (Å²) < 4.78 is 1.23. The molecule has 0 bridgehead atoms. The molecule has 2 aromatic rings. The Bertz CT molecular complexity index is 498. The van der Waals surface area contributed by atoms with Crippen molar-refractivity contribution in [3.63, 3.8) is 0 Å². The highest BCUT2D eigenvalue weighted by Crippen LogP contribution is 2.03. The van der Waals surface area contributed by atoms with Crippen LogP contribution in [0, 0.1) is 0 Å². The number of nitrogens with one attached hydrogen (secondary N) is 2. The van der Waals surface area contributed by atoms with E-state index in [4.69, 9.17) is 0 Å². The first-order chi connectivity index (χ1) is 6.66. The maximum Gasteiger partial charge on any atom is 0.364 e. The molecule has 0 aliphatic rings. The number of fused-ring (bicyclic) bond motifs is 1. The van der Waals surface area contributed by atoms with Gasteiger partial charge in [0.05, 0.1) is 0 Å². The Balaban J connectivity index is 2.49. The highest BCUT2D eigenvalue weighted by Gasteiger charge is 2.02. The molecule has 0 aliphatic carbocycles. The minimum atomic E-state index is -0.326. The number of aromatic nitrogens is 4. The molecule has 0 amide bonds. The van der Waals surface area contributed by atoms with Gasteiger partial charge in [-0.25, -0.2) is 9.89 Å². The average Bonchev–Trinajstić information content (AvgIpc) is 2.47. The smallest absolute Gasteiger partial charge is 0.364 e. The quantitative estimate of drug-likeness (QED) is 0.716. The van der Waals surface area contributed by atoms with E-state index in [0.29, 0.717) is 11.5 Å². The van der Waals surface area contributed by atoms with Crippen molar-refractivity contribution in [2.75, 3.05) is 5.32 Å². The van der Waals surface area contributed by atoms with E-state index in [1.807, 2.05) is 13.8 Å². The van der Waals surface area contributed by atoms with Gasteiger partial charge >= 0.3 is 5.69 Å². The van der Waals surface area contributed by atoms with Gasteiger partial charge in [0.25, 0.3) is 0 Å². The van der Waals surface area contributed by atoms with Gasteiger partial charge < -0.3 is 5.32 Å². The molecule has 0 fully saturated rings. The van der Waals surface area contributed by atoms with Gasteiger partial charge in [0.15, 0.2) is 5.65 Å². The molecule has 74 valence electrons. The van der Waals surface area contributed by atoms with Crippen molar-refractivity contribution >= 4 is 11.5 Å². The van der Waals surface area contributed by atoms with Crippen LogP contribution < -0.4 is 11.0 Å². The van der Waals surface area contributed by atoms with Crippen molar-refractivity contribution < 1.29 is 0 Å².